The van der Waals surface area contributed by atoms with Gasteiger partial charge in [-0.25, -0.2) is 0 Å². The van der Waals surface area contributed by atoms with E-state index in [2.05, 4.69) is 5.32 Å². The van der Waals surface area contributed by atoms with Crippen molar-refractivity contribution in [3.63, 3.8) is 0 Å². The van der Waals surface area contributed by atoms with Gasteiger partial charge in [-0.1, -0.05) is 0 Å². The summed E-state index contributed by atoms with van der Waals surface area (Å²) in [6, 6.07) is -0.198. The van der Waals surface area contributed by atoms with E-state index in [-0.39, 0.29) is 44.0 Å². The number of nitrogens with zero attached hydrogens (tertiary/aromatic N) is 1. The molecule has 0 amide bonds. The minimum atomic E-state index is -5.05. The third-order valence-electron chi connectivity index (χ3n) is 4.29. The lowest BCUT2D eigenvalue weighted by molar-refractivity contribution is -0.144. The van der Waals surface area contributed by atoms with Gasteiger partial charge in [-0.05, 0) is 30.2 Å². The Morgan fingerprint density at radius 2 is 1.24 bits per heavy atom. The lowest BCUT2D eigenvalue weighted by Crippen LogP contribution is -2.45. The van der Waals surface area contributed by atoms with Gasteiger partial charge in [0.05, 0.1) is 11.1 Å². The Labute approximate surface area is 173 Å². The van der Waals surface area contributed by atoms with Gasteiger partial charge in [0.1, 0.15) is 0 Å². The maximum absolute atomic E-state index is 13.0. The first-order valence-electron chi connectivity index (χ1n) is 8.08. The van der Waals surface area contributed by atoms with E-state index < -0.39 is 54.1 Å². The topological polar surface area (TPSA) is 15.3 Å². The molecule has 170 valence electrons. The van der Waals surface area contributed by atoms with E-state index >= 15 is 0 Å². The summed E-state index contributed by atoms with van der Waals surface area (Å²) in [4.78, 5) is 1.48. The summed E-state index contributed by atoms with van der Waals surface area (Å²) in [7, 11) is 0. The van der Waals surface area contributed by atoms with Crippen molar-refractivity contribution in [2.24, 2.45) is 0 Å². The highest BCUT2D eigenvalue weighted by Gasteiger charge is 2.39. The Balaban J connectivity index is 0.00000392. The number of benzene rings is 1. The zero-order valence-corrected chi connectivity index (χ0v) is 16.4. The average Bonchev–Trinajstić information content (AvgIpc) is 2.53. The number of rotatable bonds is 4. The predicted octanol–water partition coefficient (Wildman–Crippen LogP) is 5.86. The van der Waals surface area contributed by atoms with Crippen molar-refractivity contribution in [2.45, 2.75) is 37.4 Å². The van der Waals surface area contributed by atoms with Gasteiger partial charge >= 0.3 is 18.5 Å². The maximum Gasteiger partial charge on any atom is 0.416 e. The molecule has 29 heavy (non-hydrogen) atoms. The Kier molecular flexibility index (Phi) is 10.1. The van der Waals surface area contributed by atoms with E-state index in [1.54, 1.807) is 0 Å². The number of halogens is 11. The summed E-state index contributed by atoms with van der Waals surface area (Å²) in [6.07, 6.45) is -16.6. The van der Waals surface area contributed by atoms with E-state index in [9.17, 15) is 39.5 Å². The van der Waals surface area contributed by atoms with Crippen LogP contribution in [0.1, 0.15) is 35.6 Å². The average molecular weight is 481 g/mol. The van der Waals surface area contributed by atoms with Gasteiger partial charge in [0, 0.05) is 38.6 Å². The molecule has 0 aliphatic carbocycles. The monoisotopic (exact) mass is 480 g/mol. The zero-order valence-electron chi connectivity index (χ0n) is 14.7. The van der Waals surface area contributed by atoms with Crippen molar-refractivity contribution in [3.05, 3.63) is 34.9 Å². The third kappa shape index (κ3) is 8.39. The van der Waals surface area contributed by atoms with E-state index in [0.29, 0.717) is 25.2 Å². The number of hydrogen-bond donors (Lipinski definition) is 1. The van der Waals surface area contributed by atoms with Crippen LogP contribution in [0.4, 0.5) is 39.5 Å². The summed E-state index contributed by atoms with van der Waals surface area (Å²) in [5.41, 5.74) is -3.47. The molecule has 1 heterocycles. The van der Waals surface area contributed by atoms with Crippen LogP contribution in [0.25, 0.3) is 0 Å². The molecule has 1 aliphatic rings. The fraction of sp³-hybridized carbons (Fsp3) is 0.625. The van der Waals surface area contributed by atoms with Gasteiger partial charge < -0.3 is 5.32 Å². The molecule has 0 saturated carbocycles. The van der Waals surface area contributed by atoms with Gasteiger partial charge in [-0.2, -0.15) is 39.5 Å². The largest absolute Gasteiger partial charge is 0.416 e. The summed E-state index contributed by atoms with van der Waals surface area (Å²) in [5.74, 6) is 0. The molecule has 0 aromatic heterocycles. The summed E-state index contributed by atoms with van der Waals surface area (Å²) in [6.45, 7) is 1.21. The van der Waals surface area contributed by atoms with Crippen LogP contribution in [0.15, 0.2) is 18.2 Å². The van der Waals surface area contributed by atoms with Crippen LogP contribution in [0.2, 0.25) is 0 Å². The van der Waals surface area contributed by atoms with Crippen molar-refractivity contribution in [3.8, 4) is 0 Å². The molecule has 1 aromatic carbocycles. The van der Waals surface area contributed by atoms with Crippen LogP contribution < -0.4 is 5.32 Å². The van der Waals surface area contributed by atoms with Gasteiger partial charge in [-0.15, -0.1) is 24.8 Å². The lowest BCUT2D eigenvalue weighted by Gasteiger charge is -2.36. The summed E-state index contributed by atoms with van der Waals surface area (Å²) >= 11 is 0. The molecular weight excluding hydrogens is 462 g/mol. The van der Waals surface area contributed by atoms with Crippen LogP contribution in [0.3, 0.4) is 0 Å². The molecular formula is C16H19Cl2F9N2. The van der Waals surface area contributed by atoms with E-state index in [1.807, 2.05) is 0 Å². The van der Waals surface area contributed by atoms with Crippen molar-refractivity contribution < 1.29 is 39.5 Å². The SMILES string of the molecule is Cl.Cl.FC(F)(F)CC[C@@H](c1cc(C(F)(F)F)cc(C(F)(F)F)c1)N1CCNCC1. The van der Waals surface area contributed by atoms with Crippen molar-refractivity contribution in [1.82, 2.24) is 10.2 Å². The second kappa shape index (κ2) is 10.4. The Hall–Kier alpha value is -0.910. The molecule has 1 saturated heterocycles. The highest BCUT2D eigenvalue weighted by Crippen LogP contribution is 2.40. The molecule has 2 rings (SSSR count). The smallest absolute Gasteiger partial charge is 0.314 e. The van der Waals surface area contributed by atoms with Crippen LogP contribution in [-0.2, 0) is 12.4 Å². The first-order valence-corrected chi connectivity index (χ1v) is 8.08. The van der Waals surface area contributed by atoms with Crippen LogP contribution >= 0.6 is 24.8 Å². The van der Waals surface area contributed by atoms with Gasteiger partial charge in [-0.3, -0.25) is 4.90 Å². The number of piperazine rings is 1. The van der Waals surface area contributed by atoms with E-state index in [4.69, 9.17) is 0 Å². The van der Waals surface area contributed by atoms with E-state index in [1.165, 1.54) is 4.90 Å². The predicted molar refractivity (Wildman–Crippen MR) is 93.4 cm³/mol. The number of alkyl halides is 9. The Morgan fingerprint density at radius 3 is 1.62 bits per heavy atom. The van der Waals surface area contributed by atoms with Crippen LogP contribution in [0, 0.1) is 0 Å². The molecule has 13 heteroatoms. The first kappa shape index (κ1) is 28.1. The highest BCUT2D eigenvalue weighted by atomic mass is 35.5. The summed E-state index contributed by atoms with van der Waals surface area (Å²) in [5, 5.41) is 2.94. The molecule has 1 N–H and O–H groups in total. The molecule has 1 atom stereocenters. The van der Waals surface area contributed by atoms with Crippen LogP contribution in [0.5, 0.6) is 0 Å². The number of hydrogen-bond acceptors (Lipinski definition) is 2. The second-order valence-electron chi connectivity index (χ2n) is 6.29. The molecule has 1 aromatic rings. The van der Waals surface area contributed by atoms with Crippen LogP contribution in [-0.4, -0.2) is 37.3 Å². The quantitative estimate of drug-likeness (QED) is 0.543. The zero-order chi connectivity index (χ0) is 20.5. The Morgan fingerprint density at radius 1 is 0.793 bits per heavy atom. The molecule has 2 nitrogen and oxygen atoms in total. The van der Waals surface area contributed by atoms with Crippen molar-refractivity contribution >= 4 is 24.8 Å². The van der Waals surface area contributed by atoms with Crippen molar-refractivity contribution in [1.29, 1.82) is 0 Å². The normalized spacial score (nSPS) is 17.3. The first-order chi connectivity index (χ1) is 12.3. The second-order valence-corrected chi connectivity index (χ2v) is 6.29. The van der Waals surface area contributed by atoms with Gasteiger partial charge in [0.25, 0.3) is 0 Å². The lowest BCUT2D eigenvalue weighted by atomic mass is 9.95. The Bertz CT molecular complexity index is 606. The molecule has 1 aliphatic heterocycles. The maximum atomic E-state index is 13.0. The summed E-state index contributed by atoms with van der Waals surface area (Å²) < 4.78 is 116. The molecule has 0 spiro atoms. The standard InChI is InChI=1S/C16H17F9N2.2ClH/c17-14(18,19)2-1-13(27-5-3-26-4-6-27)10-7-11(15(20,21)22)9-12(8-10)16(23,24)25;;/h7-9,13,26H,1-6H2;2*1H/t13-;;/m0../s1. The van der Waals surface area contributed by atoms with Gasteiger partial charge in [0.15, 0.2) is 0 Å². The molecule has 0 bridgehead atoms. The molecule has 0 radical (unpaired) electrons. The van der Waals surface area contributed by atoms with E-state index in [0.717, 1.165) is 0 Å². The fourth-order valence-electron chi connectivity index (χ4n) is 3.03. The number of nitrogens with one attached hydrogen (secondary N) is 1. The third-order valence-corrected chi connectivity index (χ3v) is 4.29. The minimum absolute atomic E-state index is 0. The molecule has 1 fully saturated rings. The highest BCUT2D eigenvalue weighted by molar-refractivity contribution is 5.85. The minimum Gasteiger partial charge on any atom is -0.314 e. The molecule has 0 unspecified atom stereocenters. The van der Waals surface area contributed by atoms with Gasteiger partial charge in [0.2, 0.25) is 0 Å². The fourth-order valence-corrected chi connectivity index (χ4v) is 3.03. The van der Waals surface area contributed by atoms with Crippen molar-refractivity contribution in [2.75, 3.05) is 26.2 Å².